The Balaban J connectivity index is 1.90. The Hall–Kier alpha value is -1.90. The summed E-state index contributed by atoms with van der Waals surface area (Å²) in [6, 6.07) is 6.19. The molecule has 0 aliphatic heterocycles. The molecule has 0 amide bonds. The van der Waals surface area contributed by atoms with Crippen LogP contribution in [0.3, 0.4) is 0 Å². The number of Topliss-reactive ketones (excluding diaryl/α,β-unsaturated/α-hetero) is 2. The molecule has 1 aromatic carbocycles. The van der Waals surface area contributed by atoms with Crippen molar-refractivity contribution in [3.05, 3.63) is 35.4 Å². The first-order valence-corrected chi connectivity index (χ1v) is 8.53. The van der Waals surface area contributed by atoms with Crippen LogP contribution in [-0.4, -0.2) is 18.7 Å². The van der Waals surface area contributed by atoms with Crippen LogP contribution in [0.5, 0.6) is 5.75 Å². The fourth-order valence-electron chi connectivity index (χ4n) is 3.96. The molecule has 0 atom stereocenters. The molecule has 122 valence electrons. The van der Waals surface area contributed by atoms with Gasteiger partial charge < -0.3 is 4.74 Å². The van der Waals surface area contributed by atoms with E-state index in [0.29, 0.717) is 25.7 Å². The molecule has 0 bridgehead atoms. The van der Waals surface area contributed by atoms with Crippen LogP contribution in [0.15, 0.2) is 24.3 Å². The summed E-state index contributed by atoms with van der Waals surface area (Å²) >= 11 is 0. The standard InChI is InChI=1S/C20H24O3/c1-3-20(18(21)9-10-19(20)22)12-11-14-5-4-6-15-13-16(23-2)7-8-17(14)15/h7-8,11,13H,3-6,9-10,12H2,1-2H3/b14-11+. The maximum atomic E-state index is 12.3. The zero-order valence-corrected chi connectivity index (χ0v) is 14.0. The minimum atomic E-state index is -0.753. The van der Waals surface area contributed by atoms with Crippen molar-refractivity contribution >= 4 is 17.1 Å². The Morgan fingerprint density at radius 1 is 1.13 bits per heavy atom. The maximum Gasteiger partial charge on any atom is 0.147 e. The molecule has 0 radical (unpaired) electrons. The van der Waals surface area contributed by atoms with Gasteiger partial charge in [-0.3, -0.25) is 9.59 Å². The molecule has 0 heterocycles. The van der Waals surface area contributed by atoms with E-state index >= 15 is 0 Å². The van der Waals surface area contributed by atoms with E-state index in [1.54, 1.807) is 7.11 Å². The van der Waals surface area contributed by atoms with Crippen molar-refractivity contribution in [1.82, 2.24) is 0 Å². The first kappa shape index (κ1) is 16.0. The van der Waals surface area contributed by atoms with Gasteiger partial charge in [-0.05, 0) is 60.9 Å². The summed E-state index contributed by atoms with van der Waals surface area (Å²) in [4.78, 5) is 24.5. The Kier molecular flexibility index (Phi) is 4.38. The summed E-state index contributed by atoms with van der Waals surface area (Å²) < 4.78 is 5.31. The van der Waals surface area contributed by atoms with Gasteiger partial charge in [0.2, 0.25) is 0 Å². The monoisotopic (exact) mass is 312 g/mol. The summed E-state index contributed by atoms with van der Waals surface area (Å²) in [5.74, 6) is 1.15. The van der Waals surface area contributed by atoms with Crippen LogP contribution in [-0.2, 0) is 16.0 Å². The van der Waals surface area contributed by atoms with Crippen molar-refractivity contribution < 1.29 is 14.3 Å². The van der Waals surface area contributed by atoms with E-state index in [2.05, 4.69) is 18.2 Å². The molecule has 0 spiro atoms. The molecule has 1 aromatic rings. The van der Waals surface area contributed by atoms with Crippen LogP contribution in [0.2, 0.25) is 0 Å². The van der Waals surface area contributed by atoms with Gasteiger partial charge >= 0.3 is 0 Å². The summed E-state index contributed by atoms with van der Waals surface area (Å²) in [5.41, 5.74) is 3.07. The molecule has 3 nitrogen and oxygen atoms in total. The highest BCUT2D eigenvalue weighted by atomic mass is 16.5. The van der Waals surface area contributed by atoms with E-state index < -0.39 is 5.41 Å². The highest BCUT2D eigenvalue weighted by Gasteiger charge is 2.46. The number of carbonyl (C=O) groups is 2. The molecule has 3 heteroatoms. The zero-order valence-electron chi connectivity index (χ0n) is 14.0. The number of fused-ring (bicyclic) bond motifs is 1. The van der Waals surface area contributed by atoms with Gasteiger partial charge in [-0.15, -0.1) is 0 Å². The van der Waals surface area contributed by atoms with Crippen molar-refractivity contribution in [3.63, 3.8) is 0 Å². The smallest absolute Gasteiger partial charge is 0.147 e. The number of ether oxygens (including phenoxy) is 1. The summed E-state index contributed by atoms with van der Waals surface area (Å²) in [7, 11) is 1.68. The minimum absolute atomic E-state index is 0.132. The van der Waals surface area contributed by atoms with Gasteiger partial charge in [-0.2, -0.15) is 0 Å². The third-order valence-corrected chi connectivity index (χ3v) is 5.50. The Bertz CT molecular complexity index is 653. The highest BCUT2D eigenvalue weighted by Crippen LogP contribution is 2.41. The number of aryl methyl sites for hydroxylation is 1. The first-order chi connectivity index (χ1) is 11.1. The fourth-order valence-corrected chi connectivity index (χ4v) is 3.96. The third-order valence-electron chi connectivity index (χ3n) is 5.50. The lowest BCUT2D eigenvalue weighted by Crippen LogP contribution is -2.31. The largest absolute Gasteiger partial charge is 0.497 e. The number of methoxy groups -OCH3 is 1. The SMILES string of the molecule is CCC1(C/C=C2\CCCc3cc(OC)ccc32)C(=O)CCC1=O. The Labute approximate surface area is 137 Å². The number of carbonyl (C=O) groups excluding carboxylic acids is 2. The number of allylic oxidation sites excluding steroid dienone is 2. The van der Waals surface area contributed by atoms with Crippen molar-refractivity contribution in [3.8, 4) is 5.75 Å². The number of rotatable bonds is 4. The van der Waals surface area contributed by atoms with E-state index in [9.17, 15) is 9.59 Å². The Morgan fingerprint density at radius 3 is 2.52 bits per heavy atom. The van der Waals surface area contributed by atoms with Gasteiger partial charge in [-0.25, -0.2) is 0 Å². The van der Waals surface area contributed by atoms with Gasteiger partial charge in [-0.1, -0.05) is 19.1 Å². The van der Waals surface area contributed by atoms with Gasteiger partial charge in [0, 0.05) is 12.8 Å². The zero-order chi connectivity index (χ0) is 16.4. The maximum absolute atomic E-state index is 12.3. The second-order valence-corrected chi connectivity index (χ2v) is 6.59. The number of hydrogen-bond donors (Lipinski definition) is 0. The molecule has 3 rings (SSSR count). The topological polar surface area (TPSA) is 43.4 Å². The molecule has 1 fully saturated rings. The molecule has 1 saturated carbocycles. The lowest BCUT2D eigenvalue weighted by atomic mass is 9.76. The molecule has 2 aliphatic rings. The van der Waals surface area contributed by atoms with Crippen molar-refractivity contribution in [1.29, 1.82) is 0 Å². The molecular formula is C20H24O3. The molecule has 0 aromatic heterocycles. The number of ketones is 2. The van der Waals surface area contributed by atoms with Crippen LogP contribution < -0.4 is 4.74 Å². The van der Waals surface area contributed by atoms with Crippen LogP contribution in [0.1, 0.15) is 56.6 Å². The molecule has 0 saturated heterocycles. The lowest BCUT2D eigenvalue weighted by molar-refractivity contribution is -0.134. The predicted molar refractivity (Wildman–Crippen MR) is 90.5 cm³/mol. The first-order valence-electron chi connectivity index (χ1n) is 8.53. The third kappa shape index (κ3) is 2.73. The minimum Gasteiger partial charge on any atom is -0.497 e. The summed E-state index contributed by atoms with van der Waals surface area (Å²) in [6.07, 6.45) is 7.34. The number of hydrogen-bond acceptors (Lipinski definition) is 3. The van der Waals surface area contributed by atoms with E-state index in [0.717, 1.165) is 25.0 Å². The quantitative estimate of drug-likeness (QED) is 0.785. The van der Waals surface area contributed by atoms with E-state index in [4.69, 9.17) is 4.74 Å². The molecule has 2 aliphatic carbocycles. The Morgan fingerprint density at radius 2 is 1.87 bits per heavy atom. The molecular weight excluding hydrogens is 288 g/mol. The lowest BCUT2D eigenvalue weighted by Gasteiger charge is -2.25. The summed E-state index contributed by atoms with van der Waals surface area (Å²) in [6.45, 7) is 1.96. The highest BCUT2D eigenvalue weighted by molar-refractivity contribution is 6.13. The molecule has 23 heavy (non-hydrogen) atoms. The van der Waals surface area contributed by atoms with E-state index in [1.807, 2.05) is 13.0 Å². The molecule has 0 N–H and O–H groups in total. The van der Waals surface area contributed by atoms with Crippen molar-refractivity contribution in [2.24, 2.45) is 5.41 Å². The van der Waals surface area contributed by atoms with Gasteiger partial charge in [0.1, 0.15) is 17.3 Å². The second kappa shape index (κ2) is 6.31. The second-order valence-electron chi connectivity index (χ2n) is 6.59. The average molecular weight is 312 g/mol. The fraction of sp³-hybridized carbons (Fsp3) is 0.500. The van der Waals surface area contributed by atoms with Gasteiger partial charge in [0.25, 0.3) is 0 Å². The van der Waals surface area contributed by atoms with Crippen molar-refractivity contribution in [2.45, 2.75) is 51.9 Å². The average Bonchev–Trinajstić information content (AvgIpc) is 2.87. The predicted octanol–water partition coefficient (Wildman–Crippen LogP) is 4.13. The van der Waals surface area contributed by atoms with Crippen molar-refractivity contribution in [2.75, 3.05) is 7.11 Å². The van der Waals surface area contributed by atoms with E-state index in [1.165, 1.54) is 16.7 Å². The summed E-state index contributed by atoms with van der Waals surface area (Å²) in [5, 5.41) is 0. The van der Waals surface area contributed by atoms with Crippen LogP contribution >= 0.6 is 0 Å². The van der Waals surface area contributed by atoms with Crippen LogP contribution in [0, 0.1) is 5.41 Å². The number of benzene rings is 1. The van der Waals surface area contributed by atoms with Crippen LogP contribution in [0.25, 0.3) is 5.57 Å². The van der Waals surface area contributed by atoms with E-state index in [-0.39, 0.29) is 11.6 Å². The normalized spacial score (nSPS) is 21.6. The van der Waals surface area contributed by atoms with Crippen LogP contribution in [0.4, 0.5) is 0 Å². The van der Waals surface area contributed by atoms with Gasteiger partial charge in [0.15, 0.2) is 0 Å². The molecule has 0 unspecified atom stereocenters. The van der Waals surface area contributed by atoms with Gasteiger partial charge in [0.05, 0.1) is 12.5 Å².